The predicted octanol–water partition coefficient (Wildman–Crippen LogP) is 0.320. The number of terminal acetylenes is 1. The average Bonchev–Trinajstić information content (AvgIpc) is 2.67. The van der Waals surface area contributed by atoms with Crippen LogP contribution in [0.1, 0.15) is 12.8 Å². The highest BCUT2D eigenvalue weighted by molar-refractivity contribution is 4.90. The number of nitrogens with one attached hydrogen (secondary N) is 1. The Morgan fingerprint density at radius 2 is 2.50 bits per heavy atom. The van der Waals surface area contributed by atoms with Crippen LogP contribution in [0.4, 0.5) is 0 Å². The third-order valence-electron chi connectivity index (χ3n) is 2.57. The molecule has 1 atom stereocenters. The highest BCUT2D eigenvalue weighted by atomic mass is 16.5. The molecule has 1 aliphatic heterocycles. The first-order valence-corrected chi connectivity index (χ1v) is 5.25. The monoisotopic (exact) mass is 196 g/mol. The maximum atomic E-state index is 5.32. The van der Waals surface area contributed by atoms with Gasteiger partial charge >= 0.3 is 0 Å². The van der Waals surface area contributed by atoms with Crippen molar-refractivity contribution in [3.63, 3.8) is 0 Å². The summed E-state index contributed by atoms with van der Waals surface area (Å²) in [5, 5.41) is 3.47. The van der Waals surface area contributed by atoms with Crippen molar-refractivity contribution in [1.82, 2.24) is 10.2 Å². The molecule has 0 radical (unpaired) electrons. The van der Waals surface area contributed by atoms with E-state index in [-0.39, 0.29) is 0 Å². The van der Waals surface area contributed by atoms with E-state index in [9.17, 15) is 0 Å². The van der Waals surface area contributed by atoms with Gasteiger partial charge in [0, 0.05) is 26.2 Å². The minimum absolute atomic E-state index is 0.625. The summed E-state index contributed by atoms with van der Waals surface area (Å²) in [7, 11) is 1.72. The summed E-state index contributed by atoms with van der Waals surface area (Å²) in [5.74, 6) is 2.69. The molecule has 0 saturated carbocycles. The molecule has 1 aliphatic rings. The van der Waals surface area contributed by atoms with Crippen LogP contribution in [0.3, 0.4) is 0 Å². The van der Waals surface area contributed by atoms with Gasteiger partial charge in [0.05, 0.1) is 13.2 Å². The fourth-order valence-electron chi connectivity index (χ4n) is 1.81. The third-order valence-corrected chi connectivity index (χ3v) is 2.57. The van der Waals surface area contributed by atoms with Crippen LogP contribution >= 0.6 is 0 Å². The van der Waals surface area contributed by atoms with Crippen molar-refractivity contribution in [2.45, 2.75) is 18.9 Å². The van der Waals surface area contributed by atoms with E-state index < -0.39 is 0 Å². The Bertz CT molecular complexity index is 182. The number of methoxy groups -OCH3 is 1. The van der Waals surface area contributed by atoms with Gasteiger partial charge in [-0.3, -0.25) is 4.90 Å². The Labute approximate surface area is 86.8 Å². The lowest BCUT2D eigenvalue weighted by Crippen LogP contribution is -2.39. The van der Waals surface area contributed by atoms with Gasteiger partial charge in [-0.1, -0.05) is 5.92 Å². The van der Waals surface area contributed by atoms with Gasteiger partial charge in [0.2, 0.25) is 0 Å². The third kappa shape index (κ3) is 4.10. The minimum atomic E-state index is 0.625. The molecule has 1 N–H and O–H groups in total. The van der Waals surface area contributed by atoms with Crippen LogP contribution in [-0.2, 0) is 4.74 Å². The fraction of sp³-hybridized carbons (Fsp3) is 0.818. The van der Waals surface area contributed by atoms with Crippen molar-refractivity contribution in [2.24, 2.45) is 0 Å². The second-order valence-corrected chi connectivity index (χ2v) is 3.73. The zero-order valence-electron chi connectivity index (χ0n) is 8.96. The molecule has 3 nitrogen and oxygen atoms in total. The summed E-state index contributed by atoms with van der Waals surface area (Å²) in [6, 6.07) is 0.625. The Kier molecular flexibility index (Phi) is 5.62. The summed E-state index contributed by atoms with van der Waals surface area (Å²) in [6.45, 7) is 4.61. The van der Waals surface area contributed by atoms with E-state index in [1.54, 1.807) is 7.11 Å². The lowest BCUT2D eigenvalue weighted by molar-refractivity contribution is 0.150. The molecule has 1 saturated heterocycles. The summed E-state index contributed by atoms with van der Waals surface area (Å²) in [6.07, 6.45) is 7.88. The number of hydrogen-bond acceptors (Lipinski definition) is 3. The lowest BCUT2D eigenvalue weighted by Gasteiger charge is -2.23. The average molecular weight is 196 g/mol. The predicted molar refractivity (Wildman–Crippen MR) is 58.2 cm³/mol. The van der Waals surface area contributed by atoms with E-state index in [2.05, 4.69) is 16.1 Å². The van der Waals surface area contributed by atoms with Crippen LogP contribution in [0.5, 0.6) is 0 Å². The second kappa shape index (κ2) is 6.83. The zero-order valence-corrected chi connectivity index (χ0v) is 8.96. The van der Waals surface area contributed by atoms with Crippen LogP contribution in [-0.4, -0.2) is 50.8 Å². The van der Waals surface area contributed by atoms with Crippen LogP contribution in [0.15, 0.2) is 0 Å². The van der Waals surface area contributed by atoms with E-state index in [0.717, 1.165) is 32.8 Å². The topological polar surface area (TPSA) is 24.5 Å². The summed E-state index contributed by atoms with van der Waals surface area (Å²) in [4.78, 5) is 2.27. The molecule has 0 amide bonds. The molecule has 0 bridgehead atoms. The van der Waals surface area contributed by atoms with Gasteiger partial charge in [0.1, 0.15) is 0 Å². The Balaban J connectivity index is 2.22. The Morgan fingerprint density at radius 1 is 1.64 bits per heavy atom. The number of hydrogen-bond donors (Lipinski definition) is 1. The molecule has 0 spiro atoms. The molecule has 3 heteroatoms. The van der Waals surface area contributed by atoms with Crippen molar-refractivity contribution in [3.05, 3.63) is 0 Å². The van der Waals surface area contributed by atoms with Crippen LogP contribution in [0.2, 0.25) is 0 Å². The van der Waals surface area contributed by atoms with E-state index in [1.807, 2.05) is 0 Å². The molecule has 0 aromatic rings. The van der Waals surface area contributed by atoms with Gasteiger partial charge in [0.25, 0.3) is 0 Å². The van der Waals surface area contributed by atoms with Crippen molar-refractivity contribution in [3.8, 4) is 12.3 Å². The van der Waals surface area contributed by atoms with E-state index in [0.29, 0.717) is 6.04 Å². The molecule has 1 fully saturated rings. The Hall–Kier alpha value is -0.560. The maximum absolute atomic E-state index is 5.32. The van der Waals surface area contributed by atoms with Crippen LogP contribution in [0, 0.1) is 12.3 Å². The fourth-order valence-corrected chi connectivity index (χ4v) is 1.81. The minimum Gasteiger partial charge on any atom is -0.383 e. The molecule has 1 unspecified atom stereocenters. The van der Waals surface area contributed by atoms with Crippen molar-refractivity contribution >= 4 is 0 Å². The summed E-state index contributed by atoms with van der Waals surface area (Å²) in [5.41, 5.74) is 0. The first-order valence-electron chi connectivity index (χ1n) is 5.25. The number of ether oxygens (including phenoxy) is 1. The Morgan fingerprint density at radius 3 is 3.07 bits per heavy atom. The van der Waals surface area contributed by atoms with Gasteiger partial charge in [-0.25, -0.2) is 0 Å². The first-order chi connectivity index (χ1) is 6.86. The molecule has 0 aliphatic carbocycles. The maximum Gasteiger partial charge on any atom is 0.0600 e. The highest BCUT2D eigenvalue weighted by Crippen LogP contribution is 2.06. The largest absolute Gasteiger partial charge is 0.383 e. The highest BCUT2D eigenvalue weighted by Gasteiger charge is 2.16. The van der Waals surface area contributed by atoms with Crippen molar-refractivity contribution in [1.29, 1.82) is 0 Å². The molecule has 0 aromatic carbocycles. The molecule has 1 heterocycles. The molecule has 14 heavy (non-hydrogen) atoms. The lowest BCUT2D eigenvalue weighted by atomic mass is 10.2. The first kappa shape index (κ1) is 11.5. The molecule has 80 valence electrons. The van der Waals surface area contributed by atoms with E-state index in [4.69, 9.17) is 11.2 Å². The number of rotatable bonds is 6. The van der Waals surface area contributed by atoms with Crippen molar-refractivity contribution in [2.75, 3.05) is 39.9 Å². The standard InChI is InChI=1S/C11H20N2O/c1-3-7-13(8-9-14-2)10-11-5-4-6-12-11/h1,11-12H,4-10H2,2H3. The molecular formula is C11H20N2O. The van der Waals surface area contributed by atoms with E-state index >= 15 is 0 Å². The van der Waals surface area contributed by atoms with Gasteiger partial charge in [-0.05, 0) is 19.4 Å². The molecule has 0 aromatic heterocycles. The van der Waals surface area contributed by atoms with E-state index in [1.165, 1.54) is 12.8 Å². The summed E-state index contributed by atoms with van der Waals surface area (Å²) < 4.78 is 5.05. The van der Waals surface area contributed by atoms with Gasteiger partial charge in [-0.15, -0.1) is 6.42 Å². The van der Waals surface area contributed by atoms with Gasteiger partial charge in [0.15, 0.2) is 0 Å². The van der Waals surface area contributed by atoms with Crippen LogP contribution in [0.25, 0.3) is 0 Å². The quantitative estimate of drug-likeness (QED) is 0.619. The number of nitrogens with zero attached hydrogens (tertiary/aromatic N) is 1. The second-order valence-electron chi connectivity index (χ2n) is 3.73. The molecular weight excluding hydrogens is 176 g/mol. The van der Waals surface area contributed by atoms with Gasteiger partial charge in [-0.2, -0.15) is 0 Å². The smallest absolute Gasteiger partial charge is 0.0600 e. The SMILES string of the molecule is C#CCN(CCOC)CC1CCCN1. The van der Waals surface area contributed by atoms with Gasteiger partial charge < -0.3 is 10.1 Å². The zero-order chi connectivity index (χ0) is 10.2. The normalized spacial score (nSPS) is 21.4. The van der Waals surface area contributed by atoms with Crippen LogP contribution < -0.4 is 5.32 Å². The van der Waals surface area contributed by atoms with Crippen molar-refractivity contribution < 1.29 is 4.74 Å². The molecule has 1 rings (SSSR count). The summed E-state index contributed by atoms with van der Waals surface area (Å²) >= 11 is 0.